The van der Waals surface area contributed by atoms with Gasteiger partial charge in [0.2, 0.25) is 11.8 Å². The molecule has 41 heavy (non-hydrogen) atoms. The van der Waals surface area contributed by atoms with Crippen LogP contribution in [0, 0.1) is 12.7 Å². The Morgan fingerprint density at radius 1 is 0.902 bits per heavy atom. The lowest BCUT2D eigenvalue weighted by molar-refractivity contribution is -0.140. The Hall–Kier alpha value is -3.76. The van der Waals surface area contributed by atoms with Gasteiger partial charge >= 0.3 is 10.2 Å². The van der Waals surface area contributed by atoms with Gasteiger partial charge < -0.3 is 10.2 Å². The molecule has 0 fully saturated rings. The van der Waals surface area contributed by atoms with E-state index in [4.69, 9.17) is 0 Å². The molecule has 0 saturated heterocycles. The lowest BCUT2D eigenvalue weighted by atomic mass is 10.0. The van der Waals surface area contributed by atoms with Crippen molar-refractivity contribution in [2.75, 3.05) is 24.9 Å². The zero-order chi connectivity index (χ0) is 30.4. The number of rotatable bonds is 11. The van der Waals surface area contributed by atoms with E-state index < -0.39 is 40.1 Å². The summed E-state index contributed by atoms with van der Waals surface area (Å²) >= 11 is 0. The number of halogens is 1. The Bertz CT molecular complexity index is 1460. The standard InChI is InChI=1S/C31H39FN4O4S/c1-23-13-12-16-25(19-23)21-35(28(30(38)33-31(2,3)4)20-24-14-8-7-9-15-24)29(37)22-36(41(39,40)34(5)6)27-18-11-10-17-26(27)32/h7-19,28H,20-22H2,1-6H3,(H,33,38)/t28-/m0/s1. The average Bonchev–Trinajstić information content (AvgIpc) is 2.89. The largest absolute Gasteiger partial charge is 0.350 e. The summed E-state index contributed by atoms with van der Waals surface area (Å²) in [7, 11) is -1.65. The van der Waals surface area contributed by atoms with Gasteiger partial charge in [-0.15, -0.1) is 0 Å². The molecule has 3 rings (SSSR count). The maximum Gasteiger partial charge on any atom is 0.304 e. The van der Waals surface area contributed by atoms with Crippen LogP contribution in [0.3, 0.4) is 0 Å². The highest BCUT2D eigenvalue weighted by Gasteiger charge is 2.36. The number of amides is 2. The van der Waals surface area contributed by atoms with E-state index in [-0.39, 0.29) is 24.6 Å². The second kappa shape index (κ2) is 13.3. The van der Waals surface area contributed by atoms with Gasteiger partial charge in [0, 0.05) is 32.6 Å². The van der Waals surface area contributed by atoms with E-state index in [9.17, 15) is 22.4 Å². The molecule has 0 unspecified atom stereocenters. The van der Waals surface area contributed by atoms with Crippen molar-refractivity contribution in [2.24, 2.45) is 0 Å². The van der Waals surface area contributed by atoms with Gasteiger partial charge in [0.05, 0.1) is 5.69 Å². The van der Waals surface area contributed by atoms with Crippen molar-refractivity contribution in [2.45, 2.75) is 52.2 Å². The van der Waals surface area contributed by atoms with Gasteiger partial charge in [-0.1, -0.05) is 72.3 Å². The number of carbonyl (C=O) groups is 2. The summed E-state index contributed by atoms with van der Waals surface area (Å²) in [6.07, 6.45) is 0.195. The molecule has 8 nitrogen and oxygen atoms in total. The van der Waals surface area contributed by atoms with E-state index in [1.165, 1.54) is 37.2 Å². The summed E-state index contributed by atoms with van der Waals surface area (Å²) in [4.78, 5) is 29.4. The first kappa shape index (κ1) is 31.8. The first-order chi connectivity index (χ1) is 19.2. The topological polar surface area (TPSA) is 90.0 Å². The van der Waals surface area contributed by atoms with Gasteiger partial charge in [-0.05, 0) is 51.0 Å². The molecule has 1 N–H and O–H groups in total. The summed E-state index contributed by atoms with van der Waals surface area (Å²) in [6.45, 7) is 6.80. The summed E-state index contributed by atoms with van der Waals surface area (Å²) in [6, 6.07) is 21.3. The summed E-state index contributed by atoms with van der Waals surface area (Å²) in [5.74, 6) is -1.82. The number of benzene rings is 3. The van der Waals surface area contributed by atoms with Crippen LogP contribution < -0.4 is 9.62 Å². The van der Waals surface area contributed by atoms with Crippen LogP contribution in [0.15, 0.2) is 78.9 Å². The molecular weight excluding hydrogens is 543 g/mol. The van der Waals surface area contributed by atoms with Crippen molar-refractivity contribution >= 4 is 27.7 Å². The number of aryl methyl sites for hydroxylation is 1. The molecule has 10 heteroatoms. The lowest BCUT2D eigenvalue weighted by Gasteiger charge is -2.35. The second-order valence-corrected chi connectivity index (χ2v) is 13.3. The van der Waals surface area contributed by atoms with Crippen molar-refractivity contribution in [1.82, 2.24) is 14.5 Å². The quantitative estimate of drug-likeness (QED) is 0.365. The monoisotopic (exact) mass is 582 g/mol. The van der Waals surface area contributed by atoms with Crippen LogP contribution in [0.5, 0.6) is 0 Å². The summed E-state index contributed by atoms with van der Waals surface area (Å²) < 4.78 is 43.3. The highest BCUT2D eigenvalue weighted by Crippen LogP contribution is 2.24. The number of hydrogen-bond acceptors (Lipinski definition) is 4. The van der Waals surface area contributed by atoms with Gasteiger partial charge in [-0.2, -0.15) is 12.7 Å². The predicted octanol–water partition coefficient (Wildman–Crippen LogP) is 4.30. The molecule has 3 aromatic carbocycles. The van der Waals surface area contributed by atoms with E-state index in [0.29, 0.717) is 0 Å². The van der Waals surface area contributed by atoms with Crippen LogP contribution in [0.1, 0.15) is 37.5 Å². The van der Waals surface area contributed by atoms with Crippen LogP contribution in [-0.2, 0) is 32.8 Å². The summed E-state index contributed by atoms with van der Waals surface area (Å²) in [5, 5.41) is 2.98. The maximum absolute atomic E-state index is 14.9. The zero-order valence-electron chi connectivity index (χ0n) is 24.5. The SMILES string of the molecule is Cc1cccc(CN(C(=O)CN(c2ccccc2F)S(=O)(=O)N(C)C)[C@@H](Cc2ccccc2)C(=O)NC(C)(C)C)c1. The number of carbonyl (C=O) groups excluding carboxylic acids is 2. The van der Waals surface area contributed by atoms with E-state index in [0.717, 1.165) is 31.4 Å². The fraction of sp³-hybridized carbons (Fsp3) is 0.355. The van der Waals surface area contributed by atoms with Crippen molar-refractivity contribution in [1.29, 1.82) is 0 Å². The molecule has 2 amide bonds. The molecule has 0 aliphatic heterocycles. The molecule has 0 aliphatic rings. The average molecular weight is 583 g/mol. The number of anilines is 1. The Morgan fingerprint density at radius 2 is 1.51 bits per heavy atom. The van der Waals surface area contributed by atoms with Gasteiger partial charge in [-0.3, -0.25) is 9.59 Å². The molecular formula is C31H39FN4O4S. The minimum Gasteiger partial charge on any atom is -0.350 e. The van der Waals surface area contributed by atoms with Crippen LogP contribution in [0.2, 0.25) is 0 Å². The van der Waals surface area contributed by atoms with E-state index in [1.807, 2.05) is 82.3 Å². The van der Waals surface area contributed by atoms with E-state index >= 15 is 0 Å². The smallest absolute Gasteiger partial charge is 0.304 e. The van der Waals surface area contributed by atoms with Crippen molar-refractivity contribution in [3.05, 3.63) is 101 Å². The number of para-hydroxylation sites is 1. The Kier molecular flexibility index (Phi) is 10.3. The molecule has 0 aromatic heterocycles. The van der Waals surface area contributed by atoms with Gasteiger partial charge in [0.25, 0.3) is 0 Å². The van der Waals surface area contributed by atoms with Crippen molar-refractivity contribution in [3.8, 4) is 0 Å². The number of nitrogens with zero attached hydrogens (tertiary/aromatic N) is 3. The van der Waals surface area contributed by atoms with Gasteiger partial charge in [0.15, 0.2) is 0 Å². The number of hydrogen-bond donors (Lipinski definition) is 1. The lowest BCUT2D eigenvalue weighted by Crippen LogP contribution is -2.56. The molecule has 0 heterocycles. The molecule has 0 saturated carbocycles. The number of nitrogens with one attached hydrogen (secondary N) is 1. The minimum atomic E-state index is -4.28. The van der Waals surface area contributed by atoms with E-state index in [1.54, 1.807) is 0 Å². The third-order valence-corrected chi connectivity index (χ3v) is 8.15. The fourth-order valence-corrected chi connectivity index (χ4v) is 5.43. The van der Waals surface area contributed by atoms with Crippen LogP contribution in [0.25, 0.3) is 0 Å². The van der Waals surface area contributed by atoms with E-state index in [2.05, 4.69) is 5.32 Å². The molecule has 220 valence electrons. The third-order valence-electron chi connectivity index (χ3n) is 6.34. The van der Waals surface area contributed by atoms with Crippen molar-refractivity contribution in [3.63, 3.8) is 0 Å². The normalized spacial score (nSPS) is 12.6. The van der Waals surface area contributed by atoms with Gasteiger partial charge in [0.1, 0.15) is 18.4 Å². The Labute approximate surface area is 243 Å². The molecule has 0 aliphatic carbocycles. The highest BCUT2D eigenvalue weighted by molar-refractivity contribution is 7.90. The highest BCUT2D eigenvalue weighted by atomic mass is 32.2. The Balaban J connectivity index is 2.13. The molecule has 0 spiro atoms. The molecule has 3 aromatic rings. The zero-order valence-corrected chi connectivity index (χ0v) is 25.3. The van der Waals surface area contributed by atoms with Crippen LogP contribution in [0.4, 0.5) is 10.1 Å². The van der Waals surface area contributed by atoms with Crippen LogP contribution in [-0.4, -0.2) is 61.7 Å². The molecule has 0 radical (unpaired) electrons. The first-order valence-corrected chi connectivity index (χ1v) is 14.7. The minimum absolute atomic E-state index is 0.0443. The first-order valence-electron chi connectivity index (χ1n) is 13.3. The van der Waals surface area contributed by atoms with Gasteiger partial charge in [-0.25, -0.2) is 8.70 Å². The third kappa shape index (κ3) is 8.61. The summed E-state index contributed by atoms with van der Waals surface area (Å²) in [5.41, 5.74) is 1.72. The fourth-order valence-electron chi connectivity index (χ4n) is 4.37. The molecule has 1 atom stereocenters. The Morgan fingerprint density at radius 3 is 2.10 bits per heavy atom. The second-order valence-electron chi connectivity index (χ2n) is 11.2. The molecule has 0 bridgehead atoms. The maximum atomic E-state index is 14.9. The predicted molar refractivity (Wildman–Crippen MR) is 160 cm³/mol. The van der Waals surface area contributed by atoms with Crippen LogP contribution >= 0.6 is 0 Å². The van der Waals surface area contributed by atoms with Crippen molar-refractivity contribution < 1.29 is 22.4 Å².